The molecule has 0 aliphatic heterocycles. The second-order valence-corrected chi connectivity index (χ2v) is 2.74. The maximum Gasteiger partial charge on any atom is 0.311 e. The molecule has 5 nitrogen and oxygen atoms in total. The van der Waals surface area contributed by atoms with Crippen LogP contribution in [0.15, 0.2) is 5.10 Å². The molecule has 0 saturated carbocycles. The molecule has 0 rings (SSSR count). The van der Waals surface area contributed by atoms with E-state index in [1.807, 2.05) is 0 Å². The zero-order valence-electron chi connectivity index (χ0n) is 7.66. The highest BCUT2D eigenvalue weighted by Gasteiger charge is 2.03. The van der Waals surface area contributed by atoms with E-state index in [4.69, 9.17) is 10.5 Å². The molecule has 3 N–H and O–H groups in total. The van der Waals surface area contributed by atoms with Crippen molar-refractivity contribution in [3.8, 4) is 0 Å². The molecule has 0 aromatic carbocycles. The van der Waals surface area contributed by atoms with Crippen molar-refractivity contribution in [1.82, 2.24) is 5.43 Å². The number of hydrogen-bond acceptors (Lipinski definition) is 4. The van der Waals surface area contributed by atoms with Gasteiger partial charge in [0.05, 0.1) is 13.0 Å². The first-order chi connectivity index (χ1) is 6.06. The van der Waals surface area contributed by atoms with E-state index in [2.05, 4.69) is 22.7 Å². The number of nitrogens with zero attached hydrogens (tertiary/aromatic N) is 1. The molecule has 0 heterocycles. The fourth-order valence-electron chi connectivity index (χ4n) is 0.611. The second-order valence-electron chi connectivity index (χ2n) is 2.30. The van der Waals surface area contributed by atoms with Crippen molar-refractivity contribution >= 4 is 29.0 Å². The summed E-state index contributed by atoms with van der Waals surface area (Å²) < 4.78 is 4.71. The van der Waals surface area contributed by atoms with E-state index in [0.29, 0.717) is 12.3 Å². The second kappa shape index (κ2) is 6.36. The van der Waals surface area contributed by atoms with Crippen LogP contribution in [0.5, 0.6) is 0 Å². The van der Waals surface area contributed by atoms with Crippen LogP contribution in [0.4, 0.5) is 0 Å². The van der Waals surface area contributed by atoms with Crippen molar-refractivity contribution in [1.29, 1.82) is 0 Å². The van der Waals surface area contributed by atoms with Crippen LogP contribution in [-0.2, 0) is 9.53 Å². The molecule has 74 valence electrons. The molecule has 6 heteroatoms. The van der Waals surface area contributed by atoms with Crippen molar-refractivity contribution < 1.29 is 9.53 Å². The van der Waals surface area contributed by atoms with E-state index in [-0.39, 0.29) is 17.5 Å². The summed E-state index contributed by atoms with van der Waals surface area (Å²) in [4.78, 5) is 10.9. The van der Waals surface area contributed by atoms with Gasteiger partial charge in [0, 0.05) is 5.71 Å². The average molecular weight is 203 g/mol. The minimum absolute atomic E-state index is 0.0724. The van der Waals surface area contributed by atoms with Crippen molar-refractivity contribution in [2.75, 3.05) is 6.61 Å². The Morgan fingerprint density at radius 2 is 2.31 bits per heavy atom. The zero-order chi connectivity index (χ0) is 10.3. The molecule has 0 atom stereocenters. The summed E-state index contributed by atoms with van der Waals surface area (Å²) in [5.74, 6) is -0.312. The van der Waals surface area contributed by atoms with Crippen LogP contribution < -0.4 is 11.2 Å². The average Bonchev–Trinajstić information content (AvgIpc) is 2.01. The number of nitrogens with one attached hydrogen (secondary N) is 1. The van der Waals surface area contributed by atoms with E-state index in [1.165, 1.54) is 0 Å². The molecule has 0 unspecified atom stereocenters. The Balaban J connectivity index is 3.84. The lowest BCUT2D eigenvalue weighted by Gasteiger charge is -2.01. The van der Waals surface area contributed by atoms with Gasteiger partial charge in [0.15, 0.2) is 5.11 Å². The predicted octanol–water partition coefficient (Wildman–Crippen LogP) is 0.149. The third-order valence-corrected chi connectivity index (χ3v) is 1.15. The lowest BCUT2D eigenvalue weighted by Crippen LogP contribution is -2.25. The van der Waals surface area contributed by atoms with Gasteiger partial charge in [0.25, 0.3) is 0 Å². The molecule has 0 fully saturated rings. The van der Waals surface area contributed by atoms with Gasteiger partial charge in [-0.15, -0.1) is 0 Å². The summed E-state index contributed by atoms with van der Waals surface area (Å²) in [5.41, 5.74) is 8.08. The fraction of sp³-hybridized carbons (Fsp3) is 0.571. The van der Waals surface area contributed by atoms with Gasteiger partial charge in [-0.05, 0) is 26.1 Å². The van der Waals surface area contributed by atoms with Gasteiger partial charge < -0.3 is 10.5 Å². The first-order valence-electron chi connectivity index (χ1n) is 3.80. The molecule has 0 saturated heterocycles. The van der Waals surface area contributed by atoms with Gasteiger partial charge in [0.1, 0.15) is 0 Å². The van der Waals surface area contributed by atoms with Crippen LogP contribution >= 0.6 is 12.2 Å². The largest absolute Gasteiger partial charge is 0.466 e. The molecule has 0 amide bonds. The van der Waals surface area contributed by atoms with Crippen LogP contribution in [0.1, 0.15) is 20.3 Å². The van der Waals surface area contributed by atoms with Crippen molar-refractivity contribution in [2.45, 2.75) is 20.3 Å². The van der Waals surface area contributed by atoms with Crippen LogP contribution in [0, 0.1) is 0 Å². The summed E-state index contributed by atoms with van der Waals surface area (Å²) >= 11 is 4.52. The van der Waals surface area contributed by atoms with Crippen LogP contribution in [0.2, 0.25) is 0 Å². The lowest BCUT2D eigenvalue weighted by atomic mass is 10.3. The standard InChI is InChI=1S/C7H13N3O2S/c1-3-12-6(11)4-5(2)9-10-7(8)13/h3-4H2,1-2H3,(H3,8,10,13)/b9-5+. The summed E-state index contributed by atoms with van der Waals surface area (Å²) in [7, 11) is 0. The first-order valence-corrected chi connectivity index (χ1v) is 4.21. The Morgan fingerprint density at radius 3 is 2.77 bits per heavy atom. The number of ether oxygens (including phenoxy) is 1. The van der Waals surface area contributed by atoms with Crippen LogP contribution in [0.3, 0.4) is 0 Å². The lowest BCUT2D eigenvalue weighted by molar-refractivity contribution is -0.141. The van der Waals surface area contributed by atoms with E-state index in [1.54, 1.807) is 13.8 Å². The molecule has 0 aromatic heterocycles. The number of hydrogen-bond donors (Lipinski definition) is 2. The quantitative estimate of drug-likeness (QED) is 0.294. The summed E-state index contributed by atoms with van der Waals surface area (Å²) in [5, 5.41) is 3.82. The predicted molar refractivity (Wildman–Crippen MR) is 54.3 cm³/mol. The summed E-state index contributed by atoms with van der Waals surface area (Å²) in [6.07, 6.45) is 0.142. The Labute approximate surface area is 82.3 Å². The van der Waals surface area contributed by atoms with Gasteiger partial charge in [-0.1, -0.05) is 0 Å². The van der Waals surface area contributed by atoms with Gasteiger partial charge in [-0.25, -0.2) is 0 Å². The first kappa shape index (κ1) is 11.8. The van der Waals surface area contributed by atoms with Gasteiger partial charge in [-0.2, -0.15) is 5.10 Å². The zero-order valence-corrected chi connectivity index (χ0v) is 8.48. The third-order valence-electron chi connectivity index (χ3n) is 1.06. The number of carbonyl (C=O) groups excluding carboxylic acids is 1. The SMILES string of the molecule is CCOC(=O)C/C(C)=N/NC(N)=S. The minimum atomic E-state index is -0.312. The molecular formula is C7H13N3O2S. The molecular weight excluding hydrogens is 190 g/mol. The number of esters is 1. The van der Waals surface area contributed by atoms with Gasteiger partial charge in [-0.3, -0.25) is 10.2 Å². The normalized spacial score (nSPS) is 10.8. The molecule has 0 bridgehead atoms. The van der Waals surface area contributed by atoms with E-state index >= 15 is 0 Å². The van der Waals surface area contributed by atoms with Gasteiger partial charge >= 0.3 is 5.97 Å². The maximum absolute atomic E-state index is 10.9. The van der Waals surface area contributed by atoms with Crippen LogP contribution in [-0.4, -0.2) is 23.4 Å². The summed E-state index contributed by atoms with van der Waals surface area (Å²) in [6, 6.07) is 0. The van der Waals surface area contributed by atoms with Crippen molar-refractivity contribution in [3.63, 3.8) is 0 Å². The number of rotatable bonds is 4. The molecule has 0 aliphatic rings. The van der Waals surface area contributed by atoms with E-state index < -0.39 is 0 Å². The smallest absolute Gasteiger partial charge is 0.311 e. The fourth-order valence-corrected chi connectivity index (χ4v) is 0.657. The Hall–Kier alpha value is -1.17. The van der Waals surface area contributed by atoms with E-state index in [9.17, 15) is 4.79 Å². The Morgan fingerprint density at radius 1 is 1.69 bits per heavy atom. The highest BCUT2D eigenvalue weighted by molar-refractivity contribution is 7.80. The molecule has 0 aliphatic carbocycles. The highest BCUT2D eigenvalue weighted by atomic mass is 32.1. The number of hydrazone groups is 1. The summed E-state index contributed by atoms with van der Waals surface area (Å²) in [6.45, 7) is 3.80. The number of thiocarbonyl (C=S) groups is 1. The highest BCUT2D eigenvalue weighted by Crippen LogP contribution is 1.89. The topological polar surface area (TPSA) is 76.7 Å². The molecule has 0 aromatic rings. The monoisotopic (exact) mass is 203 g/mol. The Kier molecular flexibility index (Phi) is 5.79. The van der Waals surface area contributed by atoms with Crippen molar-refractivity contribution in [2.24, 2.45) is 10.8 Å². The number of nitrogens with two attached hydrogens (primary N) is 1. The van der Waals surface area contributed by atoms with E-state index in [0.717, 1.165) is 0 Å². The molecule has 13 heavy (non-hydrogen) atoms. The Bertz CT molecular complexity index is 228. The van der Waals surface area contributed by atoms with Crippen molar-refractivity contribution in [3.05, 3.63) is 0 Å². The maximum atomic E-state index is 10.9. The number of carbonyl (C=O) groups is 1. The molecule has 0 radical (unpaired) electrons. The molecule has 0 spiro atoms. The third kappa shape index (κ3) is 7.20. The minimum Gasteiger partial charge on any atom is -0.466 e. The van der Waals surface area contributed by atoms with Gasteiger partial charge in [0.2, 0.25) is 0 Å². The van der Waals surface area contributed by atoms with Crippen LogP contribution in [0.25, 0.3) is 0 Å².